The van der Waals surface area contributed by atoms with Crippen LogP contribution >= 0.6 is 35.3 Å². The molecule has 1 aromatic carbocycles. The Bertz CT molecular complexity index is 631. The van der Waals surface area contributed by atoms with Gasteiger partial charge in [-0.1, -0.05) is 32.0 Å². The predicted molar refractivity (Wildman–Crippen MR) is 116 cm³/mol. The molecule has 138 valence electrons. The fourth-order valence-electron chi connectivity index (χ4n) is 2.02. The summed E-state index contributed by atoms with van der Waals surface area (Å²) < 4.78 is 5.67. The summed E-state index contributed by atoms with van der Waals surface area (Å²) in [5.74, 6) is 2.13. The lowest BCUT2D eigenvalue weighted by Gasteiger charge is -2.11. The molecule has 2 rings (SSSR count). The molecule has 2 N–H and O–H groups in total. The van der Waals surface area contributed by atoms with Gasteiger partial charge in [0.05, 0.1) is 23.8 Å². The molecular formula is C18H27IN4OS. The number of nitrogens with zero attached hydrogens (tertiary/aromatic N) is 2. The van der Waals surface area contributed by atoms with Crippen LogP contribution in [-0.2, 0) is 6.54 Å². The van der Waals surface area contributed by atoms with Crippen LogP contribution in [0.2, 0.25) is 0 Å². The molecule has 0 fully saturated rings. The van der Waals surface area contributed by atoms with Gasteiger partial charge in [-0.3, -0.25) is 0 Å². The number of benzene rings is 1. The van der Waals surface area contributed by atoms with Gasteiger partial charge in [0.15, 0.2) is 5.96 Å². The van der Waals surface area contributed by atoms with Gasteiger partial charge < -0.3 is 15.4 Å². The molecular weight excluding hydrogens is 447 g/mol. The molecule has 0 saturated carbocycles. The standard InChI is InChI=1S/C18H26N4OS.HI/c1-4-19-18(20-10-11-23-16-8-6-5-7-9-16)21-12-15-13-24-17(22-15)14(2)3;/h5-9,13-14H,4,10-12H2,1-3H3,(H2,19,20,21);1H. The molecule has 1 aromatic heterocycles. The second kappa shape index (κ2) is 12.1. The SMILES string of the molecule is CCNC(=NCc1csc(C(C)C)n1)NCCOc1ccccc1.I. The van der Waals surface area contributed by atoms with E-state index in [1.54, 1.807) is 11.3 Å². The van der Waals surface area contributed by atoms with E-state index >= 15 is 0 Å². The zero-order valence-electron chi connectivity index (χ0n) is 15.0. The summed E-state index contributed by atoms with van der Waals surface area (Å²) in [5, 5.41) is 9.77. The molecule has 0 atom stereocenters. The van der Waals surface area contributed by atoms with Crippen LogP contribution in [0.25, 0.3) is 0 Å². The first-order valence-electron chi connectivity index (χ1n) is 8.33. The monoisotopic (exact) mass is 474 g/mol. The zero-order chi connectivity index (χ0) is 17.2. The van der Waals surface area contributed by atoms with Gasteiger partial charge in [0.2, 0.25) is 0 Å². The van der Waals surface area contributed by atoms with Crippen molar-refractivity contribution < 1.29 is 4.74 Å². The molecule has 0 radical (unpaired) electrons. The zero-order valence-corrected chi connectivity index (χ0v) is 18.1. The van der Waals surface area contributed by atoms with E-state index in [1.165, 1.54) is 0 Å². The molecule has 2 aromatic rings. The molecule has 0 unspecified atom stereocenters. The highest BCUT2D eigenvalue weighted by Gasteiger charge is 2.05. The number of guanidine groups is 1. The first-order chi connectivity index (χ1) is 11.7. The van der Waals surface area contributed by atoms with E-state index in [1.807, 2.05) is 30.3 Å². The number of hydrogen-bond acceptors (Lipinski definition) is 4. The summed E-state index contributed by atoms with van der Waals surface area (Å²) >= 11 is 1.70. The van der Waals surface area contributed by atoms with Gasteiger partial charge in [0.25, 0.3) is 0 Å². The van der Waals surface area contributed by atoms with Gasteiger partial charge in [-0.25, -0.2) is 9.98 Å². The Hall–Kier alpha value is -1.35. The maximum Gasteiger partial charge on any atom is 0.191 e. The van der Waals surface area contributed by atoms with Crippen molar-refractivity contribution in [1.29, 1.82) is 0 Å². The Morgan fingerprint density at radius 1 is 1.24 bits per heavy atom. The smallest absolute Gasteiger partial charge is 0.191 e. The molecule has 0 aliphatic heterocycles. The van der Waals surface area contributed by atoms with Crippen molar-refractivity contribution in [3.05, 3.63) is 46.4 Å². The van der Waals surface area contributed by atoms with Crippen molar-refractivity contribution in [2.75, 3.05) is 19.7 Å². The number of ether oxygens (including phenoxy) is 1. The second-order valence-electron chi connectivity index (χ2n) is 5.62. The molecule has 0 spiro atoms. The summed E-state index contributed by atoms with van der Waals surface area (Å²) in [6.45, 7) is 9.04. The van der Waals surface area contributed by atoms with Crippen molar-refractivity contribution in [2.45, 2.75) is 33.2 Å². The third-order valence-electron chi connectivity index (χ3n) is 3.21. The Kier molecular flexibility index (Phi) is 10.5. The maximum absolute atomic E-state index is 5.67. The second-order valence-corrected chi connectivity index (χ2v) is 6.50. The van der Waals surface area contributed by atoms with E-state index in [0.29, 0.717) is 25.6 Å². The van der Waals surface area contributed by atoms with Crippen molar-refractivity contribution >= 4 is 41.3 Å². The van der Waals surface area contributed by atoms with Crippen LogP contribution in [0.4, 0.5) is 0 Å². The van der Waals surface area contributed by atoms with Gasteiger partial charge in [0.1, 0.15) is 12.4 Å². The molecule has 5 nitrogen and oxygen atoms in total. The van der Waals surface area contributed by atoms with Gasteiger partial charge >= 0.3 is 0 Å². The minimum atomic E-state index is 0. The topological polar surface area (TPSA) is 58.5 Å². The number of para-hydroxylation sites is 1. The van der Waals surface area contributed by atoms with E-state index in [9.17, 15) is 0 Å². The van der Waals surface area contributed by atoms with E-state index < -0.39 is 0 Å². The van der Waals surface area contributed by atoms with Crippen LogP contribution in [0, 0.1) is 0 Å². The van der Waals surface area contributed by atoms with Crippen LogP contribution in [0.15, 0.2) is 40.7 Å². The Labute approximate surface area is 171 Å². The van der Waals surface area contributed by atoms with Gasteiger partial charge in [-0.15, -0.1) is 35.3 Å². The third kappa shape index (κ3) is 8.04. The Balaban J connectivity index is 0.00000312. The quantitative estimate of drug-likeness (QED) is 0.263. The van der Waals surface area contributed by atoms with Crippen LogP contribution in [0.1, 0.15) is 37.4 Å². The average Bonchev–Trinajstić information content (AvgIpc) is 3.06. The number of halogens is 1. The lowest BCUT2D eigenvalue weighted by Crippen LogP contribution is -2.39. The van der Waals surface area contributed by atoms with Crippen LogP contribution in [0.5, 0.6) is 5.75 Å². The highest BCUT2D eigenvalue weighted by Crippen LogP contribution is 2.19. The summed E-state index contributed by atoms with van der Waals surface area (Å²) in [5.41, 5.74) is 1.02. The number of rotatable bonds is 8. The molecule has 0 aliphatic carbocycles. The van der Waals surface area contributed by atoms with Gasteiger partial charge in [-0.2, -0.15) is 0 Å². The number of aromatic nitrogens is 1. The summed E-state index contributed by atoms with van der Waals surface area (Å²) in [4.78, 5) is 9.19. The fourth-order valence-corrected chi connectivity index (χ4v) is 2.84. The van der Waals surface area contributed by atoms with Crippen molar-refractivity contribution in [1.82, 2.24) is 15.6 Å². The highest BCUT2D eigenvalue weighted by molar-refractivity contribution is 14.0. The van der Waals surface area contributed by atoms with Crippen molar-refractivity contribution in [3.8, 4) is 5.75 Å². The van der Waals surface area contributed by atoms with Crippen LogP contribution < -0.4 is 15.4 Å². The van der Waals surface area contributed by atoms with E-state index in [4.69, 9.17) is 4.74 Å². The normalized spacial score (nSPS) is 11.1. The molecule has 0 saturated heterocycles. The fraction of sp³-hybridized carbons (Fsp3) is 0.444. The van der Waals surface area contributed by atoms with E-state index in [0.717, 1.165) is 29.0 Å². The Morgan fingerprint density at radius 3 is 2.64 bits per heavy atom. The third-order valence-corrected chi connectivity index (χ3v) is 4.41. The minimum absolute atomic E-state index is 0. The minimum Gasteiger partial charge on any atom is -0.492 e. The number of nitrogens with one attached hydrogen (secondary N) is 2. The maximum atomic E-state index is 5.67. The van der Waals surface area contributed by atoms with E-state index in [-0.39, 0.29) is 24.0 Å². The van der Waals surface area contributed by atoms with Gasteiger partial charge in [0, 0.05) is 17.8 Å². The first kappa shape index (κ1) is 21.7. The highest BCUT2D eigenvalue weighted by atomic mass is 127. The average molecular weight is 474 g/mol. The van der Waals surface area contributed by atoms with E-state index in [2.05, 4.69) is 46.8 Å². The van der Waals surface area contributed by atoms with Crippen LogP contribution in [-0.4, -0.2) is 30.6 Å². The Morgan fingerprint density at radius 2 is 2.00 bits per heavy atom. The number of hydrogen-bond donors (Lipinski definition) is 2. The molecule has 7 heteroatoms. The van der Waals surface area contributed by atoms with Crippen molar-refractivity contribution in [3.63, 3.8) is 0 Å². The molecule has 0 aliphatic rings. The molecule has 0 amide bonds. The summed E-state index contributed by atoms with van der Waals surface area (Å²) in [7, 11) is 0. The van der Waals surface area contributed by atoms with Crippen LogP contribution in [0.3, 0.4) is 0 Å². The first-order valence-corrected chi connectivity index (χ1v) is 9.21. The molecule has 0 bridgehead atoms. The number of aliphatic imine (C=N–C) groups is 1. The molecule has 1 heterocycles. The lowest BCUT2D eigenvalue weighted by atomic mass is 10.2. The predicted octanol–water partition coefficient (Wildman–Crippen LogP) is 4.02. The number of thiazole rings is 1. The lowest BCUT2D eigenvalue weighted by molar-refractivity contribution is 0.322. The van der Waals surface area contributed by atoms with Gasteiger partial charge in [-0.05, 0) is 19.1 Å². The summed E-state index contributed by atoms with van der Waals surface area (Å²) in [6.07, 6.45) is 0. The summed E-state index contributed by atoms with van der Waals surface area (Å²) in [6, 6.07) is 9.81. The largest absolute Gasteiger partial charge is 0.492 e. The molecule has 25 heavy (non-hydrogen) atoms. The van der Waals surface area contributed by atoms with Crippen molar-refractivity contribution in [2.24, 2.45) is 4.99 Å².